The zero-order chi connectivity index (χ0) is 14.7. The van der Waals surface area contributed by atoms with Crippen LogP contribution in [0.25, 0.3) is 0 Å². The van der Waals surface area contributed by atoms with E-state index in [0.29, 0.717) is 19.2 Å². The normalized spacial score (nSPS) is 15.1. The van der Waals surface area contributed by atoms with Gasteiger partial charge in [0.25, 0.3) is 5.89 Å². The van der Waals surface area contributed by atoms with E-state index in [4.69, 9.17) is 9.52 Å². The Hall–Kier alpha value is -1.64. The summed E-state index contributed by atoms with van der Waals surface area (Å²) < 4.78 is 46.4. The Bertz CT molecular complexity index is 442. The molecule has 0 fully saturated rings. The SMILES string of the molecule is CCc1nnc(COC(=O)CC(C)(O)C(F)(F)F)o1. The second kappa shape index (κ2) is 5.55. The van der Waals surface area contributed by atoms with Gasteiger partial charge in [-0.1, -0.05) is 6.92 Å². The number of carbonyl (C=O) groups excluding carboxylic acids is 1. The second-order valence-corrected chi connectivity index (χ2v) is 4.05. The minimum Gasteiger partial charge on any atom is -0.456 e. The maximum atomic E-state index is 12.3. The van der Waals surface area contributed by atoms with Crippen LogP contribution in [0.2, 0.25) is 0 Å². The molecule has 1 aromatic heterocycles. The average molecular weight is 282 g/mol. The predicted molar refractivity (Wildman–Crippen MR) is 54.8 cm³/mol. The van der Waals surface area contributed by atoms with Gasteiger partial charge in [-0.25, -0.2) is 0 Å². The van der Waals surface area contributed by atoms with Crippen molar-refractivity contribution >= 4 is 5.97 Å². The molecule has 9 heteroatoms. The third kappa shape index (κ3) is 4.19. The molecule has 1 unspecified atom stereocenters. The van der Waals surface area contributed by atoms with E-state index in [9.17, 15) is 18.0 Å². The lowest BCUT2D eigenvalue weighted by atomic mass is 10.0. The summed E-state index contributed by atoms with van der Waals surface area (Å²) in [4.78, 5) is 11.2. The van der Waals surface area contributed by atoms with Gasteiger partial charge < -0.3 is 14.3 Å². The van der Waals surface area contributed by atoms with Crippen LogP contribution in [0.4, 0.5) is 13.2 Å². The maximum Gasteiger partial charge on any atom is 0.417 e. The van der Waals surface area contributed by atoms with E-state index in [0.717, 1.165) is 0 Å². The lowest BCUT2D eigenvalue weighted by Crippen LogP contribution is -2.44. The van der Waals surface area contributed by atoms with Crippen LogP contribution in [-0.2, 0) is 22.6 Å². The van der Waals surface area contributed by atoms with Gasteiger partial charge in [0.05, 0.1) is 6.42 Å². The molecule has 0 aromatic carbocycles. The molecule has 0 saturated heterocycles. The lowest BCUT2D eigenvalue weighted by Gasteiger charge is -2.24. The number of aromatic nitrogens is 2. The number of halogens is 3. The number of hydrogen-bond acceptors (Lipinski definition) is 6. The van der Waals surface area contributed by atoms with Crippen molar-refractivity contribution < 1.29 is 32.2 Å². The highest BCUT2D eigenvalue weighted by atomic mass is 19.4. The Kier molecular flexibility index (Phi) is 4.51. The third-order valence-corrected chi connectivity index (χ3v) is 2.27. The Morgan fingerprint density at radius 1 is 1.37 bits per heavy atom. The minimum absolute atomic E-state index is 0.0168. The van der Waals surface area contributed by atoms with E-state index < -0.39 is 30.8 Å². The van der Waals surface area contributed by atoms with Gasteiger partial charge in [-0.05, 0) is 6.92 Å². The average Bonchev–Trinajstić information content (AvgIpc) is 2.72. The summed E-state index contributed by atoms with van der Waals surface area (Å²) >= 11 is 0. The van der Waals surface area contributed by atoms with Crippen LogP contribution in [0, 0.1) is 0 Å². The monoisotopic (exact) mass is 282 g/mol. The highest BCUT2D eigenvalue weighted by Gasteiger charge is 2.51. The van der Waals surface area contributed by atoms with Gasteiger partial charge in [0, 0.05) is 6.42 Å². The number of aliphatic hydroxyl groups is 1. The first-order valence-electron chi connectivity index (χ1n) is 5.41. The molecule has 1 heterocycles. The van der Waals surface area contributed by atoms with Crippen molar-refractivity contribution in [3.05, 3.63) is 11.8 Å². The third-order valence-electron chi connectivity index (χ3n) is 2.27. The molecule has 1 aromatic rings. The van der Waals surface area contributed by atoms with Crippen molar-refractivity contribution in [3.63, 3.8) is 0 Å². The Morgan fingerprint density at radius 3 is 2.42 bits per heavy atom. The van der Waals surface area contributed by atoms with Gasteiger partial charge in [0.15, 0.2) is 12.2 Å². The Balaban J connectivity index is 2.48. The van der Waals surface area contributed by atoms with Gasteiger partial charge in [-0.2, -0.15) is 13.2 Å². The highest BCUT2D eigenvalue weighted by molar-refractivity contribution is 5.70. The molecule has 0 bridgehead atoms. The summed E-state index contributed by atoms with van der Waals surface area (Å²) in [6, 6.07) is 0. The molecule has 0 aliphatic heterocycles. The Morgan fingerprint density at radius 2 is 1.95 bits per heavy atom. The Labute approximate surface area is 106 Å². The van der Waals surface area contributed by atoms with Crippen molar-refractivity contribution in [2.75, 3.05) is 0 Å². The minimum atomic E-state index is -4.91. The van der Waals surface area contributed by atoms with Crippen LogP contribution < -0.4 is 0 Å². The van der Waals surface area contributed by atoms with Crippen LogP contribution in [-0.4, -0.2) is 33.1 Å². The van der Waals surface area contributed by atoms with E-state index in [-0.39, 0.29) is 5.89 Å². The molecular weight excluding hydrogens is 269 g/mol. The number of nitrogens with zero attached hydrogens (tertiary/aromatic N) is 2. The fraction of sp³-hybridized carbons (Fsp3) is 0.700. The van der Waals surface area contributed by atoms with Gasteiger partial charge >= 0.3 is 12.1 Å². The lowest BCUT2D eigenvalue weighted by molar-refractivity contribution is -0.256. The first kappa shape index (κ1) is 15.4. The molecule has 0 spiro atoms. The van der Waals surface area contributed by atoms with Crippen LogP contribution in [0.5, 0.6) is 0 Å². The summed E-state index contributed by atoms with van der Waals surface area (Å²) in [6.45, 7) is 1.83. The van der Waals surface area contributed by atoms with Crippen LogP contribution >= 0.6 is 0 Å². The fourth-order valence-electron chi connectivity index (χ4n) is 1.06. The zero-order valence-electron chi connectivity index (χ0n) is 10.3. The standard InChI is InChI=1S/C10H13F3N2O4/c1-3-6-14-15-7(19-6)5-18-8(16)4-9(2,17)10(11,12)13/h17H,3-5H2,1-2H3. The number of alkyl halides is 3. The molecule has 0 aliphatic carbocycles. The number of rotatable bonds is 5. The quantitative estimate of drug-likeness (QED) is 0.821. The first-order chi connectivity index (χ1) is 8.65. The maximum absolute atomic E-state index is 12.3. The largest absolute Gasteiger partial charge is 0.456 e. The summed E-state index contributed by atoms with van der Waals surface area (Å²) in [5, 5.41) is 16.2. The van der Waals surface area contributed by atoms with E-state index in [1.165, 1.54) is 0 Å². The molecule has 0 amide bonds. The van der Waals surface area contributed by atoms with Crippen LogP contribution in [0.1, 0.15) is 32.0 Å². The van der Waals surface area contributed by atoms with E-state index in [1.54, 1.807) is 6.92 Å². The van der Waals surface area contributed by atoms with Crippen molar-refractivity contribution in [1.29, 1.82) is 0 Å². The summed E-state index contributed by atoms with van der Waals surface area (Å²) in [5.74, 6) is -0.899. The van der Waals surface area contributed by atoms with Gasteiger partial charge in [0.1, 0.15) is 0 Å². The fourth-order valence-corrected chi connectivity index (χ4v) is 1.06. The van der Waals surface area contributed by atoms with Gasteiger partial charge in [-0.15, -0.1) is 10.2 Å². The second-order valence-electron chi connectivity index (χ2n) is 4.05. The first-order valence-corrected chi connectivity index (χ1v) is 5.41. The summed E-state index contributed by atoms with van der Waals surface area (Å²) in [7, 11) is 0. The number of esters is 1. The van der Waals surface area contributed by atoms with Crippen molar-refractivity contribution in [2.45, 2.75) is 45.1 Å². The summed E-state index contributed by atoms with van der Waals surface area (Å²) in [6.07, 6.45) is -5.62. The molecule has 19 heavy (non-hydrogen) atoms. The van der Waals surface area contributed by atoms with Gasteiger partial charge in [-0.3, -0.25) is 4.79 Å². The molecular formula is C10H13F3N2O4. The molecule has 1 rings (SSSR count). The topological polar surface area (TPSA) is 85.5 Å². The number of aryl methyl sites for hydroxylation is 1. The van der Waals surface area contributed by atoms with E-state index >= 15 is 0 Å². The smallest absolute Gasteiger partial charge is 0.417 e. The molecule has 1 N–H and O–H groups in total. The highest BCUT2D eigenvalue weighted by Crippen LogP contribution is 2.32. The zero-order valence-corrected chi connectivity index (χ0v) is 10.3. The molecule has 6 nitrogen and oxygen atoms in total. The van der Waals surface area contributed by atoms with Crippen LogP contribution in [0.3, 0.4) is 0 Å². The predicted octanol–water partition coefficient (Wildman–Crippen LogP) is 1.38. The number of carbonyl (C=O) groups is 1. The number of ether oxygens (including phenoxy) is 1. The van der Waals surface area contributed by atoms with Crippen molar-refractivity contribution in [2.24, 2.45) is 0 Å². The van der Waals surface area contributed by atoms with E-state index in [2.05, 4.69) is 14.9 Å². The van der Waals surface area contributed by atoms with Crippen LogP contribution in [0.15, 0.2) is 4.42 Å². The molecule has 0 saturated carbocycles. The molecule has 108 valence electrons. The molecule has 0 radical (unpaired) electrons. The van der Waals surface area contributed by atoms with Crippen molar-refractivity contribution in [3.8, 4) is 0 Å². The molecule has 1 atom stereocenters. The molecule has 0 aliphatic rings. The van der Waals surface area contributed by atoms with E-state index in [1.807, 2.05) is 0 Å². The number of hydrogen-bond donors (Lipinski definition) is 1. The summed E-state index contributed by atoms with van der Waals surface area (Å²) in [5.41, 5.74) is -3.13. The van der Waals surface area contributed by atoms with Crippen molar-refractivity contribution in [1.82, 2.24) is 10.2 Å². The van der Waals surface area contributed by atoms with Gasteiger partial charge in [0.2, 0.25) is 5.89 Å².